The summed E-state index contributed by atoms with van der Waals surface area (Å²) in [5.74, 6) is 5.51. The van der Waals surface area contributed by atoms with E-state index in [0.29, 0.717) is 5.75 Å². The Bertz CT molecular complexity index is 537. The van der Waals surface area contributed by atoms with E-state index in [2.05, 4.69) is 15.4 Å². The number of aromatic nitrogens is 2. The zero-order chi connectivity index (χ0) is 12.3. The third-order valence-electron chi connectivity index (χ3n) is 1.87. The number of nitrogens with one attached hydrogen (secondary N) is 1. The highest BCUT2D eigenvalue weighted by Gasteiger charge is 2.04. The predicted octanol–water partition coefficient (Wildman–Crippen LogP) is 2.35. The predicted molar refractivity (Wildman–Crippen MR) is 61.3 cm³/mol. The average Bonchev–Trinajstić information content (AvgIpc) is 2.34. The molecule has 0 aliphatic rings. The van der Waals surface area contributed by atoms with Crippen LogP contribution in [-0.2, 0) is 0 Å². The van der Waals surface area contributed by atoms with Gasteiger partial charge in [-0.3, -0.25) is 5.43 Å². The molecule has 0 saturated carbocycles. The van der Waals surface area contributed by atoms with Gasteiger partial charge >= 0.3 is 0 Å². The van der Waals surface area contributed by atoms with Gasteiger partial charge < -0.3 is 4.74 Å². The molecule has 0 fully saturated rings. The number of hydrogen-bond donors (Lipinski definition) is 2. The van der Waals surface area contributed by atoms with Crippen LogP contribution in [0.1, 0.15) is 0 Å². The van der Waals surface area contributed by atoms with Gasteiger partial charge in [-0.25, -0.2) is 15.2 Å². The molecule has 0 unspecified atom stereocenters. The highest BCUT2D eigenvalue weighted by molar-refractivity contribution is 6.30. The van der Waals surface area contributed by atoms with Crippen molar-refractivity contribution in [3.8, 4) is 11.6 Å². The number of halogens is 2. The van der Waals surface area contributed by atoms with Gasteiger partial charge in [-0.15, -0.1) is 0 Å². The van der Waals surface area contributed by atoms with Crippen molar-refractivity contribution in [3.05, 3.63) is 41.3 Å². The first-order valence-corrected chi connectivity index (χ1v) is 4.99. The summed E-state index contributed by atoms with van der Waals surface area (Å²) in [5.41, 5.74) is 2.29. The minimum atomic E-state index is -0.508. The summed E-state index contributed by atoms with van der Waals surface area (Å²) in [4.78, 5) is 7.75. The van der Waals surface area contributed by atoms with E-state index in [1.807, 2.05) is 0 Å². The molecule has 2 rings (SSSR count). The maximum absolute atomic E-state index is 12.9. The molecule has 0 aliphatic heterocycles. The summed E-state index contributed by atoms with van der Waals surface area (Å²) in [7, 11) is 0. The Kier molecular flexibility index (Phi) is 3.36. The molecule has 7 heteroatoms. The van der Waals surface area contributed by atoms with E-state index < -0.39 is 5.82 Å². The fraction of sp³-hybridized carbons (Fsp3) is 0. The van der Waals surface area contributed by atoms with Crippen LogP contribution in [0.4, 0.5) is 10.3 Å². The van der Waals surface area contributed by atoms with Crippen LogP contribution >= 0.6 is 11.6 Å². The van der Waals surface area contributed by atoms with Crippen molar-refractivity contribution in [1.82, 2.24) is 9.97 Å². The van der Waals surface area contributed by atoms with Crippen LogP contribution < -0.4 is 16.0 Å². The monoisotopic (exact) mass is 254 g/mol. The number of nitrogens with zero attached hydrogens (tertiary/aromatic N) is 2. The number of rotatable bonds is 3. The van der Waals surface area contributed by atoms with Gasteiger partial charge in [0.25, 0.3) is 0 Å². The van der Waals surface area contributed by atoms with Crippen molar-refractivity contribution in [2.24, 2.45) is 5.84 Å². The lowest BCUT2D eigenvalue weighted by Crippen LogP contribution is -2.10. The van der Waals surface area contributed by atoms with Gasteiger partial charge in [0, 0.05) is 18.3 Å². The summed E-state index contributed by atoms with van der Waals surface area (Å²) >= 11 is 5.62. The topological polar surface area (TPSA) is 73.1 Å². The van der Waals surface area contributed by atoms with Crippen molar-refractivity contribution in [1.29, 1.82) is 0 Å². The molecule has 0 spiro atoms. The number of nitrogen functional groups attached to an aromatic ring is 1. The van der Waals surface area contributed by atoms with E-state index in [4.69, 9.17) is 22.2 Å². The molecule has 0 amide bonds. The molecule has 88 valence electrons. The molecule has 5 nitrogen and oxygen atoms in total. The molecule has 1 aromatic carbocycles. The summed E-state index contributed by atoms with van der Waals surface area (Å²) in [6.45, 7) is 0. The number of benzene rings is 1. The SMILES string of the molecule is NNc1nccc(Oc2ccc(F)c(Cl)c2)n1. The summed E-state index contributed by atoms with van der Waals surface area (Å²) in [5, 5.41) is -0.0197. The van der Waals surface area contributed by atoms with Gasteiger partial charge in [-0.2, -0.15) is 4.98 Å². The van der Waals surface area contributed by atoms with Crippen molar-refractivity contribution >= 4 is 17.5 Å². The normalized spacial score (nSPS) is 10.1. The third-order valence-corrected chi connectivity index (χ3v) is 2.16. The van der Waals surface area contributed by atoms with Gasteiger partial charge in [-0.1, -0.05) is 11.6 Å². The van der Waals surface area contributed by atoms with Gasteiger partial charge in [0.05, 0.1) is 5.02 Å². The highest BCUT2D eigenvalue weighted by Crippen LogP contribution is 2.25. The maximum Gasteiger partial charge on any atom is 0.240 e. The maximum atomic E-state index is 12.9. The molecular weight excluding hydrogens is 247 g/mol. The van der Waals surface area contributed by atoms with Crippen molar-refractivity contribution in [2.45, 2.75) is 0 Å². The van der Waals surface area contributed by atoms with Gasteiger partial charge in [0.15, 0.2) is 0 Å². The van der Waals surface area contributed by atoms with E-state index in [-0.39, 0.29) is 16.9 Å². The molecular formula is C10H8ClFN4O. The lowest BCUT2D eigenvalue weighted by atomic mass is 10.3. The minimum Gasteiger partial charge on any atom is -0.439 e. The Morgan fingerprint density at radius 2 is 2.18 bits per heavy atom. The van der Waals surface area contributed by atoms with Crippen molar-refractivity contribution in [2.75, 3.05) is 5.43 Å². The average molecular weight is 255 g/mol. The molecule has 0 aliphatic carbocycles. The quantitative estimate of drug-likeness (QED) is 0.650. The Morgan fingerprint density at radius 1 is 1.35 bits per heavy atom. The van der Waals surface area contributed by atoms with Crippen molar-refractivity contribution in [3.63, 3.8) is 0 Å². The molecule has 1 heterocycles. The first kappa shape index (κ1) is 11.6. The van der Waals surface area contributed by atoms with Crippen LogP contribution in [0.2, 0.25) is 5.02 Å². The summed E-state index contributed by atoms with van der Waals surface area (Å²) in [6, 6.07) is 5.55. The van der Waals surface area contributed by atoms with E-state index >= 15 is 0 Å². The number of hydrazine groups is 1. The molecule has 3 N–H and O–H groups in total. The van der Waals surface area contributed by atoms with Crippen LogP contribution in [0.15, 0.2) is 30.5 Å². The minimum absolute atomic E-state index is 0.0197. The van der Waals surface area contributed by atoms with Crippen LogP contribution in [-0.4, -0.2) is 9.97 Å². The zero-order valence-corrected chi connectivity index (χ0v) is 9.28. The fourth-order valence-electron chi connectivity index (χ4n) is 1.13. The molecule has 0 bridgehead atoms. The Labute approximate surface area is 101 Å². The second-order valence-corrected chi connectivity index (χ2v) is 3.45. The standard InChI is InChI=1S/C10H8ClFN4O/c11-7-5-6(1-2-8(7)12)17-9-3-4-14-10(15-9)16-13/h1-5H,13H2,(H,14,15,16). The Hall–Kier alpha value is -1.92. The van der Waals surface area contributed by atoms with Crippen LogP contribution in [0.3, 0.4) is 0 Å². The summed E-state index contributed by atoms with van der Waals surface area (Å²) < 4.78 is 18.3. The second kappa shape index (κ2) is 4.94. The molecule has 0 radical (unpaired) electrons. The van der Waals surface area contributed by atoms with Crippen LogP contribution in [0.25, 0.3) is 0 Å². The number of anilines is 1. The lowest BCUT2D eigenvalue weighted by Gasteiger charge is -2.06. The highest BCUT2D eigenvalue weighted by atomic mass is 35.5. The van der Waals surface area contributed by atoms with Crippen molar-refractivity contribution < 1.29 is 9.13 Å². The number of hydrogen-bond acceptors (Lipinski definition) is 5. The number of nitrogens with two attached hydrogens (primary N) is 1. The molecule has 0 saturated heterocycles. The largest absolute Gasteiger partial charge is 0.439 e. The number of ether oxygens (including phenoxy) is 1. The molecule has 0 atom stereocenters. The smallest absolute Gasteiger partial charge is 0.240 e. The van der Waals surface area contributed by atoms with Crippen LogP contribution in [0.5, 0.6) is 11.6 Å². The molecule has 2 aromatic rings. The van der Waals surface area contributed by atoms with E-state index in [1.165, 1.54) is 30.5 Å². The van der Waals surface area contributed by atoms with Gasteiger partial charge in [-0.05, 0) is 12.1 Å². The van der Waals surface area contributed by atoms with Gasteiger partial charge in [0.1, 0.15) is 11.6 Å². The Balaban J connectivity index is 2.22. The first-order valence-electron chi connectivity index (χ1n) is 4.61. The lowest BCUT2D eigenvalue weighted by molar-refractivity contribution is 0.460. The van der Waals surface area contributed by atoms with E-state index in [0.717, 1.165) is 0 Å². The third kappa shape index (κ3) is 2.80. The second-order valence-electron chi connectivity index (χ2n) is 3.04. The summed E-state index contributed by atoms with van der Waals surface area (Å²) in [6.07, 6.45) is 1.47. The molecule has 1 aromatic heterocycles. The first-order chi connectivity index (χ1) is 8.19. The van der Waals surface area contributed by atoms with Gasteiger partial charge in [0.2, 0.25) is 11.8 Å². The van der Waals surface area contributed by atoms with E-state index in [9.17, 15) is 4.39 Å². The fourth-order valence-corrected chi connectivity index (χ4v) is 1.30. The zero-order valence-electron chi connectivity index (χ0n) is 8.52. The molecule has 17 heavy (non-hydrogen) atoms. The van der Waals surface area contributed by atoms with E-state index in [1.54, 1.807) is 0 Å². The van der Waals surface area contributed by atoms with Crippen LogP contribution in [0, 0.1) is 5.82 Å². The Morgan fingerprint density at radius 3 is 2.88 bits per heavy atom.